The van der Waals surface area contributed by atoms with Gasteiger partial charge in [-0.2, -0.15) is 0 Å². The number of hydrogen-bond donors (Lipinski definition) is 1. The summed E-state index contributed by atoms with van der Waals surface area (Å²) in [5.41, 5.74) is -0.347. The topological polar surface area (TPSA) is 67.9 Å². The summed E-state index contributed by atoms with van der Waals surface area (Å²) in [5, 5.41) is 2.85. The fourth-order valence-electron chi connectivity index (χ4n) is 2.70. The first-order valence-corrected chi connectivity index (χ1v) is 8.52. The van der Waals surface area contributed by atoms with Crippen molar-refractivity contribution in [1.29, 1.82) is 0 Å². The molecule has 1 unspecified atom stereocenters. The van der Waals surface area contributed by atoms with Gasteiger partial charge in [0, 0.05) is 19.2 Å². The van der Waals surface area contributed by atoms with Gasteiger partial charge in [0.15, 0.2) is 0 Å². The fraction of sp³-hybridized carbons (Fsp3) is 0.882. The normalized spacial score (nSPS) is 19.7. The summed E-state index contributed by atoms with van der Waals surface area (Å²) < 4.78 is 10.4. The van der Waals surface area contributed by atoms with E-state index in [-0.39, 0.29) is 29.9 Å². The van der Waals surface area contributed by atoms with E-state index in [0.29, 0.717) is 19.8 Å². The number of carbonyl (C=O) groups is 2. The minimum atomic E-state index is -0.536. The number of ether oxygens (including phenoxy) is 2. The Bertz CT molecular complexity index is 393. The molecule has 1 aliphatic rings. The molecule has 1 fully saturated rings. The maximum Gasteiger partial charge on any atom is 0.246 e. The van der Waals surface area contributed by atoms with E-state index >= 15 is 0 Å². The van der Waals surface area contributed by atoms with Gasteiger partial charge in [0.2, 0.25) is 11.8 Å². The molecule has 0 aromatic rings. The highest BCUT2D eigenvalue weighted by Gasteiger charge is 2.38. The minimum absolute atomic E-state index is 0.00478. The molecule has 1 saturated heterocycles. The predicted octanol–water partition coefficient (Wildman–Crippen LogP) is 1.58. The average molecular weight is 328 g/mol. The van der Waals surface area contributed by atoms with Gasteiger partial charge in [-0.3, -0.25) is 9.59 Å². The van der Waals surface area contributed by atoms with Crippen molar-refractivity contribution in [3.8, 4) is 0 Å². The van der Waals surface area contributed by atoms with Crippen LogP contribution >= 0.6 is 0 Å². The zero-order chi connectivity index (χ0) is 17.5. The van der Waals surface area contributed by atoms with E-state index in [1.807, 2.05) is 32.6 Å². The number of amides is 2. The molecule has 6 heteroatoms. The minimum Gasteiger partial charge on any atom is -0.379 e. The second-order valence-corrected chi connectivity index (χ2v) is 7.14. The van der Waals surface area contributed by atoms with E-state index in [2.05, 4.69) is 12.2 Å². The van der Waals surface area contributed by atoms with Crippen LogP contribution in [0.3, 0.4) is 0 Å². The van der Waals surface area contributed by atoms with Crippen molar-refractivity contribution in [3.63, 3.8) is 0 Å². The van der Waals surface area contributed by atoms with Gasteiger partial charge in [0.1, 0.15) is 12.6 Å². The van der Waals surface area contributed by atoms with Gasteiger partial charge in [-0.05, 0) is 32.1 Å². The third-order valence-corrected chi connectivity index (χ3v) is 4.06. The number of nitrogens with zero attached hydrogens (tertiary/aromatic N) is 1. The van der Waals surface area contributed by atoms with Crippen molar-refractivity contribution in [1.82, 2.24) is 10.2 Å². The van der Waals surface area contributed by atoms with Crippen LogP contribution in [0.1, 0.15) is 47.5 Å². The molecule has 0 radical (unpaired) electrons. The van der Waals surface area contributed by atoms with E-state index in [1.165, 1.54) is 0 Å². The zero-order valence-corrected chi connectivity index (χ0v) is 15.2. The summed E-state index contributed by atoms with van der Waals surface area (Å²) >= 11 is 0. The monoisotopic (exact) mass is 328 g/mol. The van der Waals surface area contributed by atoms with Crippen molar-refractivity contribution >= 4 is 11.8 Å². The molecule has 0 spiro atoms. The van der Waals surface area contributed by atoms with Crippen LogP contribution in [0.5, 0.6) is 0 Å². The molecule has 1 aliphatic heterocycles. The van der Waals surface area contributed by atoms with Crippen molar-refractivity contribution in [2.75, 3.05) is 33.0 Å². The SMILES string of the molecule is CCOCCOCC(=O)NC(C(=O)N1CCC[C@H]1C)C(C)(C)C. The molecule has 0 aliphatic carbocycles. The average Bonchev–Trinajstić information content (AvgIpc) is 2.89. The Hall–Kier alpha value is -1.14. The molecule has 134 valence electrons. The second kappa shape index (κ2) is 9.23. The van der Waals surface area contributed by atoms with Gasteiger partial charge in [-0.15, -0.1) is 0 Å². The molecule has 2 amide bonds. The Balaban J connectivity index is 2.54. The third-order valence-electron chi connectivity index (χ3n) is 4.06. The van der Waals surface area contributed by atoms with E-state index in [1.54, 1.807) is 0 Å². The van der Waals surface area contributed by atoms with Gasteiger partial charge < -0.3 is 19.7 Å². The van der Waals surface area contributed by atoms with E-state index in [0.717, 1.165) is 19.4 Å². The highest BCUT2D eigenvalue weighted by molar-refractivity contribution is 5.89. The Labute approximate surface area is 139 Å². The van der Waals surface area contributed by atoms with Crippen molar-refractivity contribution in [2.45, 2.75) is 59.5 Å². The molecule has 1 N–H and O–H groups in total. The smallest absolute Gasteiger partial charge is 0.246 e. The quantitative estimate of drug-likeness (QED) is 0.687. The van der Waals surface area contributed by atoms with Crippen LogP contribution in [0.4, 0.5) is 0 Å². The third kappa shape index (κ3) is 6.47. The molecule has 0 aromatic carbocycles. The largest absolute Gasteiger partial charge is 0.379 e. The number of carbonyl (C=O) groups excluding carboxylic acids is 2. The van der Waals surface area contributed by atoms with E-state index < -0.39 is 6.04 Å². The van der Waals surface area contributed by atoms with Crippen LogP contribution in [-0.4, -0.2) is 61.8 Å². The zero-order valence-electron chi connectivity index (χ0n) is 15.2. The Morgan fingerprint density at radius 2 is 1.91 bits per heavy atom. The molecule has 1 heterocycles. The second-order valence-electron chi connectivity index (χ2n) is 7.14. The van der Waals surface area contributed by atoms with Crippen LogP contribution < -0.4 is 5.32 Å². The molecule has 0 bridgehead atoms. The maximum atomic E-state index is 12.8. The fourth-order valence-corrected chi connectivity index (χ4v) is 2.70. The first-order valence-electron chi connectivity index (χ1n) is 8.52. The highest BCUT2D eigenvalue weighted by Crippen LogP contribution is 2.25. The predicted molar refractivity (Wildman–Crippen MR) is 89.1 cm³/mol. The first kappa shape index (κ1) is 19.9. The van der Waals surface area contributed by atoms with Gasteiger partial charge in [0.05, 0.1) is 13.2 Å². The maximum absolute atomic E-state index is 12.8. The molecule has 6 nitrogen and oxygen atoms in total. The summed E-state index contributed by atoms with van der Waals surface area (Å²) in [6.07, 6.45) is 2.05. The summed E-state index contributed by atoms with van der Waals surface area (Å²) in [6, 6.07) is -0.294. The molecule has 2 atom stereocenters. The van der Waals surface area contributed by atoms with Crippen molar-refractivity contribution in [3.05, 3.63) is 0 Å². The summed E-state index contributed by atoms with van der Waals surface area (Å²) in [4.78, 5) is 26.8. The Morgan fingerprint density at radius 3 is 2.43 bits per heavy atom. The standard InChI is InChI=1S/C17H32N2O4/c1-6-22-10-11-23-12-14(20)18-15(17(3,4)5)16(21)19-9-7-8-13(19)2/h13,15H,6-12H2,1-5H3,(H,18,20)/t13-,15?/m1/s1. The van der Waals surface area contributed by atoms with Crippen molar-refractivity contribution in [2.24, 2.45) is 5.41 Å². The lowest BCUT2D eigenvalue weighted by atomic mass is 9.85. The number of likely N-dealkylation sites (tertiary alicyclic amines) is 1. The lowest BCUT2D eigenvalue weighted by Gasteiger charge is -2.35. The lowest BCUT2D eigenvalue weighted by molar-refractivity contribution is -0.141. The van der Waals surface area contributed by atoms with Crippen LogP contribution in [0.15, 0.2) is 0 Å². The number of rotatable bonds is 8. The van der Waals surface area contributed by atoms with Gasteiger partial charge >= 0.3 is 0 Å². The Morgan fingerprint density at radius 1 is 1.26 bits per heavy atom. The van der Waals surface area contributed by atoms with Gasteiger partial charge in [-0.25, -0.2) is 0 Å². The molecule has 0 aromatic heterocycles. The molecule has 23 heavy (non-hydrogen) atoms. The van der Waals surface area contributed by atoms with Crippen LogP contribution in [0.25, 0.3) is 0 Å². The van der Waals surface area contributed by atoms with E-state index in [9.17, 15) is 9.59 Å². The van der Waals surface area contributed by atoms with Crippen LogP contribution in [0, 0.1) is 5.41 Å². The Kier molecular flexibility index (Phi) is 7.99. The summed E-state index contributed by atoms with van der Waals surface area (Å²) in [5.74, 6) is -0.258. The van der Waals surface area contributed by atoms with Crippen LogP contribution in [-0.2, 0) is 19.1 Å². The summed E-state index contributed by atoms with van der Waals surface area (Å²) in [6.45, 7) is 12.1. The number of hydrogen-bond acceptors (Lipinski definition) is 4. The van der Waals surface area contributed by atoms with Gasteiger partial charge in [-0.1, -0.05) is 20.8 Å². The first-order chi connectivity index (χ1) is 10.8. The van der Waals surface area contributed by atoms with Crippen molar-refractivity contribution < 1.29 is 19.1 Å². The molecule has 0 saturated carbocycles. The molecular formula is C17H32N2O4. The molecule has 1 rings (SSSR count). The van der Waals surface area contributed by atoms with E-state index in [4.69, 9.17) is 9.47 Å². The lowest BCUT2D eigenvalue weighted by Crippen LogP contribution is -2.56. The highest BCUT2D eigenvalue weighted by atomic mass is 16.5. The molecular weight excluding hydrogens is 296 g/mol. The van der Waals surface area contributed by atoms with Crippen LogP contribution in [0.2, 0.25) is 0 Å². The summed E-state index contributed by atoms with van der Waals surface area (Å²) in [7, 11) is 0. The number of nitrogens with one attached hydrogen (secondary N) is 1. The van der Waals surface area contributed by atoms with Gasteiger partial charge in [0.25, 0.3) is 0 Å².